The zero-order chi connectivity index (χ0) is 23.5. The Hall–Kier alpha value is -2.86. The van der Waals surface area contributed by atoms with Gasteiger partial charge in [0.15, 0.2) is 5.76 Å². The highest BCUT2D eigenvalue weighted by atomic mass is 79.9. The van der Waals surface area contributed by atoms with Crippen LogP contribution >= 0.6 is 15.9 Å². The summed E-state index contributed by atoms with van der Waals surface area (Å²) in [6.45, 7) is 0.145. The molecule has 1 aromatic carbocycles. The number of furan rings is 1. The van der Waals surface area contributed by atoms with Crippen molar-refractivity contribution in [1.82, 2.24) is 14.9 Å². The molecule has 2 heterocycles. The lowest BCUT2D eigenvalue weighted by atomic mass is 9.62. The Kier molecular flexibility index (Phi) is 5.12. The first kappa shape index (κ1) is 22.3. The SMILES string of the molecule is CC1(O)CC(NC(=O)O)(c2ccc(-c3oc4ncn(CC(F)(F)F)c(=O)c4c3Br)cc2)C1. The first-order valence-corrected chi connectivity index (χ1v) is 10.2. The van der Waals surface area contributed by atoms with Crippen LogP contribution in [0.25, 0.3) is 22.4 Å². The quantitative estimate of drug-likeness (QED) is 0.483. The maximum atomic E-state index is 12.7. The summed E-state index contributed by atoms with van der Waals surface area (Å²) >= 11 is 3.23. The van der Waals surface area contributed by atoms with Gasteiger partial charge in [0, 0.05) is 18.4 Å². The molecule has 32 heavy (non-hydrogen) atoms. The van der Waals surface area contributed by atoms with Gasteiger partial charge in [0.2, 0.25) is 5.71 Å². The fourth-order valence-electron chi connectivity index (χ4n) is 4.24. The second-order valence-corrected chi connectivity index (χ2v) is 8.95. The number of fused-ring (bicyclic) bond motifs is 1. The summed E-state index contributed by atoms with van der Waals surface area (Å²) < 4.78 is 44.4. The number of carboxylic acid groups (broad SMARTS) is 1. The number of hydrogen-bond acceptors (Lipinski definition) is 5. The zero-order valence-electron chi connectivity index (χ0n) is 16.5. The molecular weight excluding hydrogens is 499 g/mol. The molecule has 0 bridgehead atoms. The van der Waals surface area contributed by atoms with Gasteiger partial charge in [-0.3, -0.25) is 9.36 Å². The van der Waals surface area contributed by atoms with Gasteiger partial charge in [0.1, 0.15) is 18.3 Å². The Morgan fingerprint density at radius 3 is 2.47 bits per heavy atom. The number of rotatable bonds is 4. The Morgan fingerprint density at radius 1 is 1.31 bits per heavy atom. The lowest BCUT2D eigenvalue weighted by Gasteiger charge is -2.51. The number of carbonyl (C=O) groups is 1. The van der Waals surface area contributed by atoms with Crippen LogP contribution in [0.2, 0.25) is 0 Å². The fourth-order valence-corrected chi connectivity index (χ4v) is 4.89. The molecule has 0 saturated heterocycles. The van der Waals surface area contributed by atoms with Crippen molar-refractivity contribution in [1.29, 1.82) is 0 Å². The van der Waals surface area contributed by atoms with Crippen molar-refractivity contribution in [2.45, 2.75) is 43.6 Å². The first-order chi connectivity index (χ1) is 14.8. The van der Waals surface area contributed by atoms with Crippen LogP contribution in [0, 0.1) is 0 Å². The summed E-state index contributed by atoms with van der Waals surface area (Å²) in [6.07, 6.45) is -4.62. The van der Waals surface area contributed by atoms with Gasteiger partial charge in [-0.05, 0) is 28.4 Å². The van der Waals surface area contributed by atoms with E-state index in [1.54, 1.807) is 31.2 Å². The van der Waals surface area contributed by atoms with E-state index >= 15 is 0 Å². The van der Waals surface area contributed by atoms with E-state index in [-0.39, 0.29) is 34.2 Å². The highest BCUT2D eigenvalue weighted by Gasteiger charge is 2.53. The largest absolute Gasteiger partial charge is 0.465 e. The van der Waals surface area contributed by atoms with Crippen LogP contribution in [0.5, 0.6) is 0 Å². The molecule has 3 aromatic rings. The van der Waals surface area contributed by atoms with Crippen molar-refractivity contribution in [2.75, 3.05) is 0 Å². The Morgan fingerprint density at radius 2 is 1.94 bits per heavy atom. The Labute approximate surface area is 186 Å². The van der Waals surface area contributed by atoms with Crippen molar-refractivity contribution in [3.63, 3.8) is 0 Å². The van der Waals surface area contributed by atoms with E-state index in [9.17, 15) is 33.0 Å². The third-order valence-electron chi connectivity index (χ3n) is 5.38. The monoisotopic (exact) mass is 515 g/mol. The third kappa shape index (κ3) is 3.99. The molecule has 1 saturated carbocycles. The standard InChI is InChI=1S/C20H17BrF3N3O5/c1-18(31)6-19(7-18,26-17(29)30)11-4-2-10(3-5-11)14-13(21)12-15(32-14)25-9-27(16(12)28)8-20(22,23)24/h2-5,9,26,31H,6-8H2,1H3,(H,29,30). The molecular formula is C20H17BrF3N3O5. The average molecular weight is 516 g/mol. The molecule has 170 valence electrons. The van der Waals surface area contributed by atoms with Crippen molar-refractivity contribution in [3.8, 4) is 11.3 Å². The molecule has 0 spiro atoms. The van der Waals surface area contributed by atoms with Gasteiger partial charge in [0.25, 0.3) is 5.56 Å². The summed E-state index contributed by atoms with van der Waals surface area (Å²) in [5.74, 6) is 0.196. The number of nitrogens with one attached hydrogen (secondary N) is 1. The highest BCUT2D eigenvalue weighted by Crippen LogP contribution is 2.48. The van der Waals surface area contributed by atoms with Gasteiger partial charge >= 0.3 is 12.3 Å². The van der Waals surface area contributed by atoms with E-state index in [2.05, 4.69) is 26.2 Å². The summed E-state index contributed by atoms with van der Waals surface area (Å²) in [5, 5.41) is 21.7. The Bertz CT molecular complexity index is 1260. The van der Waals surface area contributed by atoms with Crippen LogP contribution in [0.15, 0.2) is 44.3 Å². The smallest absolute Gasteiger partial charge is 0.406 e. The predicted molar refractivity (Wildman–Crippen MR) is 110 cm³/mol. The van der Waals surface area contributed by atoms with Gasteiger partial charge in [-0.1, -0.05) is 24.3 Å². The molecule has 0 aliphatic heterocycles. The number of alkyl halides is 3. The maximum absolute atomic E-state index is 12.7. The number of halogens is 4. The third-order valence-corrected chi connectivity index (χ3v) is 6.14. The van der Waals surface area contributed by atoms with Gasteiger partial charge < -0.3 is 19.9 Å². The van der Waals surface area contributed by atoms with Crippen molar-refractivity contribution in [3.05, 3.63) is 51.0 Å². The van der Waals surface area contributed by atoms with Crippen LogP contribution in [0.1, 0.15) is 25.3 Å². The first-order valence-electron chi connectivity index (χ1n) is 9.39. The lowest BCUT2D eigenvalue weighted by Crippen LogP contribution is -2.61. The number of nitrogens with zero attached hydrogens (tertiary/aromatic N) is 2. The topological polar surface area (TPSA) is 118 Å². The summed E-state index contributed by atoms with van der Waals surface area (Å²) in [7, 11) is 0. The maximum Gasteiger partial charge on any atom is 0.406 e. The van der Waals surface area contributed by atoms with E-state index in [0.717, 1.165) is 6.33 Å². The van der Waals surface area contributed by atoms with Crippen molar-refractivity contribution >= 4 is 33.1 Å². The Balaban J connectivity index is 1.71. The van der Waals surface area contributed by atoms with Crippen LogP contribution in [-0.2, 0) is 12.1 Å². The second kappa shape index (κ2) is 7.34. The number of aromatic nitrogens is 2. The van der Waals surface area contributed by atoms with Crippen molar-refractivity contribution < 1.29 is 32.6 Å². The lowest BCUT2D eigenvalue weighted by molar-refractivity contribution is -0.141. The van der Waals surface area contributed by atoms with Crippen LogP contribution in [0.3, 0.4) is 0 Å². The normalized spacial score (nSPS) is 23.2. The van der Waals surface area contributed by atoms with Gasteiger partial charge in [-0.2, -0.15) is 13.2 Å². The van der Waals surface area contributed by atoms with Gasteiger partial charge in [-0.25, -0.2) is 9.78 Å². The molecule has 8 nitrogen and oxygen atoms in total. The number of hydrogen-bond donors (Lipinski definition) is 3. The minimum absolute atomic E-state index is 0.113. The molecule has 1 amide bonds. The molecule has 1 aliphatic rings. The number of amides is 1. The van der Waals surface area contributed by atoms with Crippen molar-refractivity contribution in [2.24, 2.45) is 0 Å². The van der Waals surface area contributed by atoms with Crippen LogP contribution in [-0.4, -0.2) is 37.6 Å². The van der Waals surface area contributed by atoms with E-state index in [1.807, 2.05) is 0 Å². The van der Waals surface area contributed by atoms with E-state index in [4.69, 9.17) is 4.42 Å². The van der Waals surface area contributed by atoms with Crippen LogP contribution in [0.4, 0.5) is 18.0 Å². The molecule has 0 atom stereocenters. The number of aliphatic hydroxyl groups is 1. The molecule has 1 aliphatic carbocycles. The molecule has 2 aromatic heterocycles. The zero-order valence-corrected chi connectivity index (χ0v) is 18.1. The second-order valence-electron chi connectivity index (χ2n) is 8.16. The van der Waals surface area contributed by atoms with E-state index in [0.29, 0.717) is 15.7 Å². The number of benzene rings is 1. The molecule has 0 unspecified atom stereocenters. The molecule has 1 fully saturated rings. The highest BCUT2D eigenvalue weighted by molar-refractivity contribution is 9.10. The summed E-state index contributed by atoms with van der Waals surface area (Å²) in [5.41, 5.74) is -1.81. The van der Waals surface area contributed by atoms with Gasteiger partial charge in [0.05, 0.1) is 15.6 Å². The predicted octanol–water partition coefficient (Wildman–Crippen LogP) is 3.99. The van der Waals surface area contributed by atoms with E-state index in [1.165, 1.54) is 0 Å². The minimum atomic E-state index is -4.58. The molecule has 4 rings (SSSR count). The molecule has 0 radical (unpaired) electrons. The fraction of sp³-hybridized carbons (Fsp3) is 0.350. The van der Waals surface area contributed by atoms with Gasteiger partial charge in [-0.15, -0.1) is 0 Å². The van der Waals surface area contributed by atoms with E-state index < -0.39 is 35.5 Å². The van der Waals surface area contributed by atoms with Crippen LogP contribution < -0.4 is 10.9 Å². The summed E-state index contributed by atoms with van der Waals surface area (Å²) in [6, 6.07) is 6.58. The minimum Gasteiger partial charge on any atom is -0.465 e. The summed E-state index contributed by atoms with van der Waals surface area (Å²) in [4.78, 5) is 27.6. The average Bonchev–Trinajstić information content (AvgIpc) is 2.98. The molecule has 12 heteroatoms. The molecule has 3 N–H and O–H groups in total.